The SMILES string of the molecule is CC(C)(CN)c1cccc(C(=O)NCC(=O)Nc2nc(-c3cccc(-c4ccnc(N)c4)c3)cs2)c1. The second-order valence-electron chi connectivity index (χ2n) is 8.99. The summed E-state index contributed by atoms with van der Waals surface area (Å²) in [7, 11) is 0. The highest BCUT2D eigenvalue weighted by Gasteiger charge is 2.20. The molecule has 0 unspecified atom stereocenters. The Balaban J connectivity index is 1.37. The highest BCUT2D eigenvalue weighted by Crippen LogP contribution is 2.29. The lowest BCUT2D eigenvalue weighted by atomic mass is 9.84. The predicted molar refractivity (Wildman–Crippen MR) is 145 cm³/mol. The molecule has 2 aromatic carbocycles. The van der Waals surface area contributed by atoms with Crippen LogP contribution in [0.1, 0.15) is 29.8 Å². The number of nitrogens with two attached hydrogens (primary N) is 2. The topological polar surface area (TPSA) is 136 Å². The van der Waals surface area contributed by atoms with E-state index in [0.717, 1.165) is 27.9 Å². The number of nitrogen functional groups attached to an aromatic ring is 1. The van der Waals surface area contributed by atoms with Gasteiger partial charge in [0.25, 0.3) is 5.91 Å². The van der Waals surface area contributed by atoms with Crippen molar-refractivity contribution in [3.63, 3.8) is 0 Å². The van der Waals surface area contributed by atoms with Gasteiger partial charge >= 0.3 is 0 Å². The molecular weight excluding hydrogens is 472 g/mol. The van der Waals surface area contributed by atoms with Crippen LogP contribution in [0.2, 0.25) is 0 Å². The Morgan fingerprint density at radius 3 is 2.53 bits per heavy atom. The molecule has 2 heterocycles. The van der Waals surface area contributed by atoms with Crippen molar-refractivity contribution < 1.29 is 9.59 Å². The Morgan fingerprint density at radius 2 is 1.75 bits per heavy atom. The normalized spacial score (nSPS) is 11.2. The zero-order valence-corrected chi connectivity index (χ0v) is 20.9. The number of amides is 2. The van der Waals surface area contributed by atoms with Crippen molar-refractivity contribution in [3.05, 3.63) is 83.4 Å². The molecule has 4 rings (SSSR count). The van der Waals surface area contributed by atoms with Crippen molar-refractivity contribution in [2.75, 3.05) is 24.1 Å². The first-order valence-corrected chi connectivity index (χ1v) is 12.3. The van der Waals surface area contributed by atoms with E-state index in [-0.39, 0.29) is 23.8 Å². The van der Waals surface area contributed by atoms with Crippen LogP contribution in [0, 0.1) is 0 Å². The number of benzene rings is 2. The van der Waals surface area contributed by atoms with Gasteiger partial charge in [-0.3, -0.25) is 9.59 Å². The van der Waals surface area contributed by atoms with Crippen LogP contribution in [0.3, 0.4) is 0 Å². The monoisotopic (exact) mass is 500 g/mol. The Morgan fingerprint density at radius 1 is 1.00 bits per heavy atom. The Labute approximate surface area is 213 Å². The number of pyridine rings is 1. The van der Waals surface area contributed by atoms with Crippen molar-refractivity contribution in [2.24, 2.45) is 5.73 Å². The molecule has 36 heavy (non-hydrogen) atoms. The largest absolute Gasteiger partial charge is 0.384 e. The van der Waals surface area contributed by atoms with Crippen molar-refractivity contribution in [2.45, 2.75) is 19.3 Å². The van der Waals surface area contributed by atoms with E-state index in [0.29, 0.717) is 23.1 Å². The van der Waals surface area contributed by atoms with Crippen LogP contribution in [-0.4, -0.2) is 34.9 Å². The van der Waals surface area contributed by atoms with E-state index >= 15 is 0 Å². The molecule has 184 valence electrons. The number of hydrogen-bond acceptors (Lipinski definition) is 7. The quantitative estimate of drug-likeness (QED) is 0.288. The summed E-state index contributed by atoms with van der Waals surface area (Å²) in [6.45, 7) is 4.33. The van der Waals surface area contributed by atoms with Crippen LogP contribution in [0.5, 0.6) is 0 Å². The maximum absolute atomic E-state index is 12.6. The van der Waals surface area contributed by atoms with Gasteiger partial charge in [-0.25, -0.2) is 9.97 Å². The van der Waals surface area contributed by atoms with Gasteiger partial charge in [0, 0.05) is 34.7 Å². The molecule has 2 amide bonds. The first-order valence-electron chi connectivity index (χ1n) is 11.4. The van der Waals surface area contributed by atoms with Gasteiger partial charge < -0.3 is 22.1 Å². The molecule has 0 saturated carbocycles. The van der Waals surface area contributed by atoms with Crippen LogP contribution < -0.4 is 22.1 Å². The molecule has 9 heteroatoms. The van der Waals surface area contributed by atoms with E-state index in [9.17, 15) is 9.59 Å². The molecule has 0 aliphatic carbocycles. The Hall–Kier alpha value is -4.08. The minimum Gasteiger partial charge on any atom is -0.384 e. The van der Waals surface area contributed by atoms with E-state index in [2.05, 4.69) is 20.6 Å². The Bertz CT molecular complexity index is 1400. The van der Waals surface area contributed by atoms with Crippen molar-refractivity contribution in [3.8, 4) is 22.4 Å². The van der Waals surface area contributed by atoms with Crippen LogP contribution in [-0.2, 0) is 10.2 Å². The number of anilines is 2. The Kier molecular flexibility index (Phi) is 7.42. The zero-order chi connectivity index (χ0) is 25.7. The molecule has 6 N–H and O–H groups in total. The first kappa shape index (κ1) is 25.0. The second-order valence-corrected chi connectivity index (χ2v) is 9.85. The van der Waals surface area contributed by atoms with Gasteiger partial charge in [-0.15, -0.1) is 11.3 Å². The fourth-order valence-corrected chi connectivity index (χ4v) is 4.31. The highest BCUT2D eigenvalue weighted by molar-refractivity contribution is 7.14. The molecule has 0 atom stereocenters. The van der Waals surface area contributed by atoms with Gasteiger partial charge in [0.1, 0.15) is 5.82 Å². The molecule has 0 aliphatic rings. The standard InChI is InChI=1S/C27H28N6O2S/c1-27(2,16-28)21-8-4-7-20(12-21)25(35)31-14-24(34)33-26-32-22(15-36-26)19-6-3-5-17(11-19)18-9-10-30-23(29)13-18/h3-13,15H,14,16,28H2,1-2H3,(H2,29,30)(H,31,35)(H,32,33,34). The lowest BCUT2D eigenvalue weighted by molar-refractivity contribution is -0.115. The number of aromatic nitrogens is 2. The predicted octanol–water partition coefficient (Wildman–Crippen LogP) is 4.06. The maximum Gasteiger partial charge on any atom is 0.251 e. The summed E-state index contributed by atoms with van der Waals surface area (Å²) in [6, 6.07) is 18.9. The number of nitrogens with zero attached hydrogens (tertiary/aromatic N) is 2. The van der Waals surface area contributed by atoms with E-state index < -0.39 is 0 Å². The third-order valence-electron chi connectivity index (χ3n) is 5.85. The summed E-state index contributed by atoms with van der Waals surface area (Å²) in [5, 5.41) is 7.74. The molecule has 0 spiro atoms. The van der Waals surface area contributed by atoms with E-state index in [1.807, 2.05) is 73.8 Å². The fourth-order valence-electron chi connectivity index (χ4n) is 3.58. The minimum atomic E-state index is -0.358. The van der Waals surface area contributed by atoms with Gasteiger partial charge in [0.2, 0.25) is 5.91 Å². The number of nitrogens with one attached hydrogen (secondary N) is 2. The average molecular weight is 501 g/mol. The molecule has 0 radical (unpaired) electrons. The molecule has 0 saturated heterocycles. The van der Waals surface area contributed by atoms with Crippen molar-refractivity contribution in [1.29, 1.82) is 0 Å². The molecule has 0 fully saturated rings. The zero-order valence-electron chi connectivity index (χ0n) is 20.1. The van der Waals surface area contributed by atoms with Crippen LogP contribution in [0.25, 0.3) is 22.4 Å². The maximum atomic E-state index is 12.6. The van der Waals surface area contributed by atoms with Gasteiger partial charge in [-0.1, -0.05) is 44.2 Å². The smallest absolute Gasteiger partial charge is 0.251 e. The summed E-state index contributed by atoms with van der Waals surface area (Å²) < 4.78 is 0. The molecular formula is C27H28N6O2S. The molecule has 8 nitrogen and oxygen atoms in total. The molecule has 4 aromatic rings. The number of hydrogen-bond donors (Lipinski definition) is 4. The van der Waals surface area contributed by atoms with E-state index in [1.54, 1.807) is 12.3 Å². The molecule has 0 aliphatic heterocycles. The van der Waals surface area contributed by atoms with Crippen molar-refractivity contribution in [1.82, 2.24) is 15.3 Å². The average Bonchev–Trinajstić information content (AvgIpc) is 3.36. The van der Waals surface area contributed by atoms with Gasteiger partial charge in [0.15, 0.2) is 5.13 Å². The van der Waals surface area contributed by atoms with Gasteiger partial charge in [-0.05, 0) is 47.0 Å². The molecule has 2 aromatic heterocycles. The van der Waals surface area contributed by atoms with Gasteiger partial charge in [0.05, 0.1) is 12.2 Å². The summed E-state index contributed by atoms with van der Waals surface area (Å²) >= 11 is 1.32. The number of carbonyl (C=O) groups excluding carboxylic acids is 2. The summed E-state index contributed by atoms with van der Waals surface area (Å²) in [5.41, 5.74) is 16.5. The molecule has 0 bridgehead atoms. The van der Waals surface area contributed by atoms with Crippen LogP contribution >= 0.6 is 11.3 Å². The minimum absolute atomic E-state index is 0.169. The summed E-state index contributed by atoms with van der Waals surface area (Å²) in [4.78, 5) is 33.6. The number of thiazole rings is 1. The van der Waals surface area contributed by atoms with Gasteiger partial charge in [-0.2, -0.15) is 0 Å². The van der Waals surface area contributed by atoms with Crippen molar-refractivity contribution >= 4 is 34.1 Å². The number of carbonyl (C=O) groups is 2. The third kappa shape index (κ3) is 5.94. The van der Waals surface area contributed by atoms with Crippen LogP contribution in [0.15, 0.2) is 72.2 Å². The third-order valence-corrected chi connectivity index (χ3v) is 6.61. The second kappa shape index (κ2) is 10.7. The highest BCUT2D eigenvalue weighted by atomic mass is 32.1. The van der Waals surface area contributed by atoms with E-state index in [4.69, 9.17) is 11.5 Å². The first-order chi connectivity index (χ1) is 17.2. The lowest BCUT2D eigenvalue weighted by Gasteiger charge is -2.23. The van der Waals surface area contributed by atoms with E-state index in [1.165, 1.54) is 11.3 Å². The lowest BCUT2D eigenvalue weighted by Crippen LogP contribution is -2.33. The number of rotatable bonds is 8. The summed E-state index contributed by atoms with van der Waals surface area (Å²) in [5.74, 6) is -0.229. The van der Waals surface area contributed by atoms with Crippen LogP contribution in [0.4, 0.5) is 10.9 Å². The summed E-state index contributed by atoms with van der Waals surface area (Å²) in [6.07, 6.45) is 1.67. The fraction of sp³-hybridized carbons (Fsp3) is 0.185.